The van der Waals surface area contributed by atoms with Gasteiger partial charge in [0, 0.05) is 6.54 Å². The van der Waals surface area contributed by atoms with E-state index in [0.717, 1.165) is 13.0 Å². The van der Waals surface area contributed by atoms with E-state index in [4.69, 9.17) is 5.73 Å². The summed E-state index contributed by atoms with van der Waals surface area (Å²) in [7, 11) is 0. The molecule has 0 atom stereocenters. The molecule has 0 saturated carbocycles. The first kappa shape index (κ1) is 8.59. The monoisotopic (exact) mass is 129 g/mol. The normalized spacial score (nSPS) is 9.56. The molecule has 0 saturated heterocycles. The minimum atomic E-state index is 0.153. The van der Waals surface area contributed by atoms with Crippen molar-refractivity contribution < 1.29 is 4.79 Å². The molecule has 0 spiro atoms. The van der Waals surface area contributed by atoms with E-state index in [0.29, 0.717) is 13.1 Å². The van der Waals surface area contributed by atoms with Crippen LogP contribution in [0.15, 0.2) is 0 Å². The Balaban J connectivity index is 2.83. The van der Waals surface area contributed by atoms with E-state index in [1.54, 1.807) is 6.92 Å². The van der Waals surface area contributed by atoms with E-state index in [1.165, 1.54) is 0 Å². The number of hydrogen-bond acceptors (Lipinski definition) is 2. The summed E-state index contributed by atoms with van der Waals surface area (Å²) in [5.74, 6) is 0.153. The number of nitrogens with one attached hydrogen (secondary N) is 2. The number of hydrogen-bond donors (Lipinski definition) is 1. The van der Waals surface area contributed by atoms with Crippen LogP contribution in [0.2, 0.25) is 0 Å². The molecule has 0 bridgehead atoms. The Hall–Kier alpha value is -0.410. The number of carbonyl (C=O) groups is 1. The first-order chi connectivity index (χ1) is 4.27. The molecule has 0 rings (SSSR count). The van der Waals surface area contributed by atoms with Crippen molar-refractivity contribution in [3.63, 3.8) is 0 Å². The van der Waals surface area contributed by atoms with Crippen molar-refractivity contribution in [3.05, 3.63) is 0 Å². The van der Waals surface area contributed by atoms with Crippen molar-refractivity contribution in [1.82, 2.24) is 11.1 Å². The summed E-state index contributed by atoms with van der Waals surface area (Å²) in [4.78, 5) is 10.3. The van der Waals surface area contributed by atoms with Gasteiger partial charge in [0.2, 0.25) is 0 Å². The summed E-state index contributed by atoms with van der Waals surface area (Å²) in [5.41, 5.74) is 6.76. The molecule has 9 heavy (non-hydrogen) atoms. The SMILES string of the molecule is CC(=O)CNCCC[NH]. The van der Waals surface area contributed by atoms with Crippen LogP contribution in [-0.4, -0.2) is 25.4 Å². The van der Waals surface area contributed by atoms with Crippen molar-refractivity contribution in [2.45, 2.75) is 13.3 Å². The van der Waals surface area contributed by atoms with Gasteiger partial charge >= 0.3 is 0 Å². The molecule has 53 valence electrons. The summed E-state index contributed by atoms with van der Waals surface area (Å²) in [5, 5.41) is 2.92. The number of Topliss-reactive ketones (excluding diaryl/α,β-unsaturated/α-hetero) is 1. The quantitative estimate of drug-likeness (QED) is 0.524. The molecule has 0 aromatic rings. The van der Waals surface area contributed by atoms with Crippen LogP contribution in [0.3, 0.4) is 0 Å². The molecule has 3 nitrogen and oxygen atoms in total. The maximum atomic E-state index is 10.3. The zero-order chi connectivity index (χ0) is 7.11. The summed E-state index contributed by atoms with van der Waals surface area (Å²) in [6.45, 7) is 3.21. The van der Waals surface area contributed by atoms with Crippen LogP contribution in [0.25, 0.3) is 0 Å². The van der Waals surface area contributed by atoms with Crippen LogP contribution in [0, 0.1) is 0 Å². The predicted molar refractivity (Wildman–Crippen MR) is 36.1 cm³/mol. The molecule has 0 aliphatic rings. The van der Waals surface area contributed by atoms with Gasteiger partial charge in [-0.3, -0.25) is 10.5 Å². The van der Waals surface area contributed by atoms with Crippen LogP contribution in [0.1, 0.15) is 13.3 Å². The van der Waals surface area contributed by atoms with Gasteiger partial charge in [-0.2, -0.15) is 0 Å². The highest BCUT2D eigenvalue weighted by Gasteiger charge is 1.89. The zero-order valence-corrected chi connectivity index (χ0v) is 5.74. The van der Waals surface area contributed by atoms with Gasteiger partial charge in [-0.25, -0.2) is 0 Å². The highest BCUT2D eigenvalue weighted by atomic mass is 16.1. The lowest BCUT2D eigenvalue weighted by molar-refractivity contribution is -0.116. The smallest absolute Gasteiger partial charge is 0.143 e. The van der Waals surface area contributed by atoms with Crippen LogP contribution in [0.4, 0.5) is 0 Å². The third-order valence-corrected chi connectivity index (χ3v) is 0.904. The Bertz CT molecular complexity index is 83.1. The molecule has 0 fully saturated rings. The first-order valence-corrected chi connectivity index (χ1v) is 3.12. The molecule has 1 radical (unpaired) electrons. The molecule has 3 heteroatoms. The molecule has 0 aliphatic carbocycles. The van der Waals surface area contributed by atoms with Gasteiger partial charge in [0.05, 0.1) is 6.54 Å². The zero-order valence-electron chi connectivity index (χ0n) is 5.74. The minimum Gasteiger partial charge on any atom is -0.310 e. The van der Waals surface area contributed by atoms with Gasteiger partial charge < -0.3 is 5.32 Å². The van der Waals surface area contributed by atoms with Crippen molar-refractivity contribution in [3.8, 4) is 0 Å². The van der Waals surface area contributed by atoms with Gasteiger partial charge in [0.25, 0.3) is 0 Å². The maximum Gasteiger partial charge on any atom is 0.143 e. The standard InChI is InChI=1S/C6H13N2O/c1-6(9)5-8-4-2-3-7/h7-8H,2-5H2,1H3. The molecule has 2 N–H and O–H groups in total. The third kappa shape index (κ3) is 7.59. The maximum absolute atomic E-state index is 10.3. The Morgan fingerprint density at radius 1 is 1.67 bits per heavy atom. The Labute approximate surface area is 55.6 Å². The fourth-order valence-corrected chi connectivity index (χ4v) is 0.478. The summed E-state index contributed by atoms with van der Waals surface area (Å²) >= 11 is 0. The average Bonchev–Trinajstić information content (AvgIpc) is 1.80. The van der Waals surface area contributed by atoms with Gasteiger partial charge in [0.15, 0.2) is 0 Å². The fraction of sp³-hybridized carbons (Fsp3) is 0.833. The fourth-order valence-electron chi connectivity index (χ4n) is 0.478. The van der Waals surface area contributed by atoms with Crippen LogP contribution in [-0.2, 0) is 4.79 Å². The van der Waals surface area contributed by atoms with Gasteiger partial charge in [-0.05, 0) is 19.9 Å². The van der Waals surface area contributed by atoms with E-state index in [1.807, 2.05) is 0 Å². The lowest BCUT2D eigenvalue weighted by atomic mass is 10.4. The van der Waals surface area contributed by atoms with Gasteiger partial charge in [-0.1, -0.05) is 0 Å². The van der Waals surface area contributed by atoms with E-state index >= 15 is 0 Å². The Kier molecular flexibility index (Phi) is 5.46. The van der Waals surface area contributed by atoms with Crippen LogP contribution >= 0.6 is 0 Å². The number of rotatable bonds is 5. The molecule has 0 aliphatic heterocycles. The van der Waals surface area contributed by atoms with E-state index in [9.17, 15) is 4.79 Å². The summed E-state index contributed by atoms with van der Waals surface area (Å²) in [6, 6.07) is 0. The molecule has 0 heterocycles. The van der Waals surface area contributed by atoms with E-state index in [-0.39, 0.29) is 5.78 Å². The second-order valence-corrected chi connectivity index (χ2v) is 1.98. The van der Waals surface area contributed by atoms with Crippen molar-refractivity contribution in [2.75, 3.05) is 19.6 Å². The van der Waals surface area contributed by atoms with Crippen LogP contribution < -0.4 is 11.1 Å². The minimum absolute atomic E-state index is 0.153. The topological polar surface area (TPSA) is 52.9 Å². The lowest BCUT2D eigenvalue weighted by Crippen LogP contribution is -2.22. The highest BCUT2D eigenvalue weighted by Crippen LogP contribution is 1.70. The molecule has 0 aromatic heterocycles. The van der Waals surface area contributed by atoms with Gasteiger partial charge in [0.1, 0.15) is 5.78 Å². The molecule has 0 amide bonds. The first-order valence-electron chi connectivity index (χ1n) is 3.12. The van der Waals surface area contributed by atoms with Crippen molar-refractivity contribution in [1.29, 1.82) is 0 Å². The van der Waals surface area contributed by atoms with E-state index < -0.39 is 0 Å². The van der Waals surface area contributed by atoms with E-state index in [2.05, 4.69) is 5.32 Å². The Morgan fingerprint density at radius 3 is 2.78 bits per heavy atom. The molecular weight excluding hydrogens is 116 g/mol. The Morgan fingerprint density at radius 2 is 2.33 bits per heavy atom. The second-order valence-electron chi connectivity index (χ2n) is 1.98. The molecular formula is C6H13N2O. The number of carbonyl (C=O) groups excluding carboxylic acids is 1. The van der Waals surface area contributed by atoms with Gasteiger partial charge in [-0.15, -0.1) is 0 Å². The van der Waals surface area contributed by atoms with Crippen LogP contribution in [0.5, 0.6) is 0 Å². The summed E-state index contributed by atoms with van der Waals surface area (Å²) < 4.78 is 0. The lowest BCUT2D eigenvalue weighted by Gasteiger charge is -1.97. The second kappa shape index (κ2) is 5.72. The number of ketones is 1. The van der Waals surface area contributed by atoms with Crippen molar-refractivity contribution >= 4 is 5.78 Å². The van der Waals surface area contributed by atoms with Crippen molar-refractivity contribution in [2.24, 2.45) is 0 Å². The molecule has 0 aromatic carbocycles. The highest BCUT2D eigenvalue weighted by molar-refractivity contribution is 5.77. The average molecular weight is 129 g/mol. The largest absolute Gasteiger partial charge is 0.310 e. The molecule has 0 unspecified atom stereocenters. The predicted octanol–water partition coefficient (Wildman–Crippen LogP) is -0.162. The summed E-state index contributed by atoms with van der Waals surface area (Å²) in [6.07, 6.45) is 0.827. The third-order valence-electron chi connectivity index (χ3n) is 0.904.